The van der Waals surface area contributed by atoms with Crippen LogP contribution in [0.1, 0.15) is 23.2 Å². The van der Waals surface area contributed by atoms with Crippen molar-refractivity contribution in [2.24, 2.45) is 5.73 Å². The molecule has 5 rings (SSSR count). The van der Waals surface area contributed by atoms with E-state index >= 15 is 0 Å². The second-order valence-corrected chi connectivity index (χ2v) is 6.96. The molecule has 1 aromatic carbocycles. The van der Waals surface area contributed by atoms with Gasteiger partial charge in [-0.25, -0.2) is 15.0 Å². The lowest BCUT2D eigenvalue weighted by atomic mass is 9.97. The molecule has 1 aliphatic heterocycles. The van der Waals surface area contributed by atoms with Crippen molar-refractivity contribution in [3.8, 4) is 0 Å². The van der Waals surface area contributed by atoms with Crippen LogP contribution in [0, 0.1) is 0 Å². The number of ether oxygens (including phenoxy) is 1. The molecule has 0 saturated heterocycles. The van der Waals surface area contributed by atoms with Crippen LogP contribution in [0.4, 0.5) is 5.82 Å². The first-order valence-electron chi connectivity index (χ1n) is 9.26. The maximum Gasteiger partial charge on any atom is 0.165 e. The molecule has 4 aromatic rings. The van der Waals surface area contributed by atoms with Gasteiger partial charge in [-0.2, -0.15) is 0 Å². The molecular formula is C20H21N7O. The molecule has 0 spiro atoms. The molecule has 0 fully saturated rings. The molecule has 0 amide bonds. The summed E-state index contributed by atoms with van der Waals surface area (Å²) in [5.41, 5.74) is 18.9. The van der Waals surface area contributed by atoms with E-state index in [0.29, 0.717) is 31.0 Å². The minimum absolute atomic E-state index is 0.389. The Labute approximate surface area is 161 Å². The molecule has 0 aliphatic carbocycles. The van der Waals surface area contributed by atoms with Crippen LogP contribution in [0.5, 0.6) is 0 Å². The minimum Gasteiger partial charge on any atom is -0.382 e. The average molecular weight is 375 g/mol. The van der Waals surface area contributed by atoms with E-state index in [1.807, 2.05) is 4.57 Å². The lowest BCUT2D eigenvalue weighted by molar-refractivity contribution is 0.161. The molecule has 0 bridgehead atoms. The van der Waals surface area contributed by atoms with Crippen LogP contribution in [-0.4, -0.2) is 37.7 Å². The third-order valence-corrected chi connectivity index (χ3v) is 5.19. The third kappa shape index (κ3) is 2.83. The van der Waals surface area contributed by atoms with Gasteiger partial charge in [0.15, 0.2) is 11.5 Å². The summed E-state index contributed by atoms with van der Waals surface area (Å²) in [6, 6.07) is 6.57. The Morgan fingerprint density at radius 2 is 2.11 bits per heavy atom. The number of anilines is 1. The van der Waals surface area contributed by atoms with E-state index < -0.39 is 0 Å². The van der Waals surface area contributed by atoms with Crippen LogP contribution in [0.25, 0.3) is 27.6 Å². The molecule has 0 saturated carbocycles. The Morgan fingerprint density at radius 1 is 1.18 bits per heavy atom. The fraction of sp³-hybridized carbons (Fsp3) is 0.250. The Kier molecular flexibility index (Phi) is 4.07. The number of nitrogen functional groups attached to an aromatic ring is 1. The number of aromatic amines is 1. The summed E-state index contributed by atoms with van der Waals surface area (Å²) in [6.45, 7) is 2.50. The van der Waals surface area contributed by atoms with Crippen molar-refractivity contribution in [2.45, 2.75) is 19.5 Å². The van der Waals surface area contributed by atoms with Gasteiger partial charge in [-0.3, -0.25) is 0 Å². The number of nitrogens with one attached hydrogen (secondary N) is 1. The fourth-order valence-corrected chi connectivity index (χ4v) is 3.78. The number of fused-ring (bicyclic) bond motifs is 2. The summed E-state index contributed by atoms with van der Waals surface area (Å²) in [4.78, 5) is 16.2. The first-order chi connectivity index (χ1) is 13.7. The predicted molar refractivity (Wildman–Crippen MR) is 108 cm³/mol. The number of rotatable bonds is 4. The van der Waals surface area contributed by atoms with Crippen LogP contribution in [0.15, 0.2) is 36.9 Å². The van der Waals surface area contributed by atoms with E-state index in [-0.39, 0.29) is 0 Å². The van der Waals surface area contributed by atoms with Gasteiger partial charge < -0.3 is 25.8 Å². The summed E-state index contributed by atoms with van der Waals surface area (Å²) in [5.74, 6) is 0.389. The monoisotopic (exact) mass is 375 g/mol. The average Bonchev–Trinajstić information content (AvgIpc) is 3.33. The van der Waals surface area contributed by atoms with Crippen molar-refractivity contribution >= 4 is 33.5 Å². The minimum atomic E-state index is 0.389. The van der Waals surface area contributed by atoms with Crippen molar-refractivity contribution in [1.29, 1.82) is 0 Å². The Bertz CT molecular complexity index is 1200. The number of hydrogen-bond acceptors (Lipinski definition) is 6. The van der Waals surface area contributed by atoms with Crippen LogP contribution >= 0.6 is 0 Å². The molecule has 4 heterocycles. The smallest absolute Gasteiger partial charge is 0.165 e. The first-order valence-corrected chi connectivity index (χ1v) is 9.26. The molecule has 0 unspecified atom stereocenters. The highest BCUT2D eigenvalue weighted by Gasteiger charge is 2.15. The van der Waals surface area contributed by atoms with Crippen LogP contribution in [0.2, 0.25) is 0 Å². The van der Waals surface area contributed by atoms with Crippen LogP contribution < -0.4 is 11.5 Å². The maximum absolute atomic E-state index is 5.93. The van der Waals surface area contributed by atoms with Gasteiger partial charge in [-0.05, 0) is 41.3 Å². The van der Waals surface area contributed by atoms with E-state index in [1.54, 1.807) is 6.33 Å². The van der Waals surface area contributed by atoms with Crippen molar-refractivity contribution in [3.63, 3.8) is 0 Å². The quantitative estimate of drug-likeness (QED) is 0.503. The largest absolute Gasteiger partial charge is 0.382 e. The Balaban J connectivity index is 1.65. The van der Waals surface area contributed by atoms with E-state index in [9.17, 15) is 0 Å². The number of hydrogen-bond donors (Lipinski definition) is 3. The Hall–Kier alpha value is -3.23. The third-order valence-electron chi connectivity index (χ3n) is 5.19. The predicted octanol–water partition coefficient (Wildman–Crippen LogP) is 2.20. The normalized spacial score (nSPS) is 14.7. The van der Waals surface area contributed by atoms with E-state index in [0.717, 1.165) is 40.8 Å². The highest BCUT2D eigenvalue weighted by atomic mass is 16.5. The molecule has 1 aliphatic rings. The van der Waals surface area contributed by atoms with E-state index in [2.05, 4.69) is 44.2 Å². The second-order valence-electron chi connectivity index (χ2n) is 6.96. The van der Waals surface area contributed by atoms with Gasteiger partial charge in [0.05, 0.1) is 31.6 Å². The summed E-state index contributed by atoms with van der Waals surface area (Å²) < 4.78 is 7.46. The number of benzene rings is 1. The standard InChI is InChI=1S/C20H21N7O/c21-8-16-7-14-5-13(12-1-3-28-4-2-12)6-15(17(14)26-16)9-27-11-25-18-19(22)23-10-24-20(18)27/h1,5-7,10-11,26H,2-4,8-9,21H2,(H2,22,23,24). The number of H-pyrrole nitrogens is 1. The lowest BCUT2D eigenvalue weighted by Crippen LogP contribution is -2.05. The van der Waals surface area contributed by atoms with Crippen molar-refractivity contribution in [3.05, 3.63) is 53.8 Å². The van der Waals surface area contributed by atoms with Gasteiger partial charge in [0.25, 0.3) is 0 Å². The van der Waals surface area contributed by atoms with Gasteiger partial charge in [-0.15, -0.1) is 0 Å². The topological polar surface area (TPSA) is 121 Å². The molecular weight excluding hydrogens is 354 g/mol. The van der Waals surface area contributed by atoms with Gasteiger partial charge >= 0.3 is 0 Å². The van der Waals surface area contributed by atoms with Gasteiger partial charge in [0, 0.05) is 17.6 Å². The molecule has 0 atom stereocenters. The zero-order valence-corrected chi connectivity index (χ0v) is 15.4. The first kappa shape index (κ1) is 16.9. The molecule has 3 aromatic heterocycles. The molecule has 8 nitrogen and oxygen atoms in total. The second kappa shape index (κ2) is 6.74. The zero-order chi connectivity index (χ0) is 19.1. The Morgan fingerprint density at radius 3 is 2.93 bits per heavy atom. The fourth-order valence-electron chi connectivity index (χ4n) is 3.78. The zero-order valence-electron chi connectivity index (χ0n) is 15.4. The van der Waals surface area contributed by atoms with Gasteiger partial charge in [0.2, 0.25) is 0 Å². The highest BCUT2D eigenvalue weighted by Crippen LogP contribution is 2.29. The molecule has 142 valence electrons. The molecule has 8 heteroatoms. The lowest BCUT2D eigenvalue weighted by Gasteiger charge is -2.15. The van der Waals surface area contributed by atoms with Crippen LogP contribution in [-0.2, 0) is 17.8 Å². The van der Waals surface area contributed by atoms with Crippen LogP contribution in [0.3, 0.4) is 0 Å². The number of imidazole rings is 1. The van der Waals surface area contributed by atoms with E-state index in [1.165, 1.54) is 17.5 Å². The number of aromatic nitrogens is 5. The maximum atomic E-state index is 5.93. The number of nitrogens with two attached hydrogens (primary N) is 2. The molecule has 5 N–H and O–H groups in total. The van der Waals surface area contributed by atoms with Gasteiger partial charge in [0.1, 0.15) is 11.8 Å². The summed E-state index contributed by atoms with van der Waals surface area (Å²) >= 11 is 0. The van der Waals surface area contributed by atoms with Gasteiger partial charge in [-0.1, -0.05) is 6.08 Å². The van der Waals surface area contributed by atoms with E-state index in [4.69, 9.17) is 16.2 Å². The summed E-state index contributed by atoms with van der Waals surface area (Å²) in [6.07, 6.45) is 6.30. The molecule has 28 heavy (non-hydrogen) atoms. The highest BCUT2D eigenvalue weighted by molar-refractivity contribution is 5.88. The van der Waals surface area contributed by atoms with Crippen molar-refractivity contribution in [1.82, 2.24) is 24.5 Å². The molecule has 0 radical (unpaired) electrons. The number of nitrogens with zero attached hydrogens (tertiary/aromatic N) is 4. The van der Waals surface area contributed by atoms with Crippen molar-refractivity contribution in [2.75, 3.05) is 18.9 Å². The van der Waals surface area contributed by atoms with Crippen molar-refractivity contribution < 1.29 is 4.74 Å². The SMILES string of the molecule is NCc1cc2cc(C3=CCOCC3)cc(Cn3cnc4c(N)ncnc43)c2[nH]1. The summed E-state index contributed by atoms with van der Waals surface area (Å²) in [5, 5.41) is 1.15. The summed E-state index contributed by atoms with van der Waals surface area (Å²) in [7, 11) is 0.